The number of carbonyl (C=O) groups is 1. The first kappa shape index (κ1) is 10.2. The van der Waals surface area contributed by atoms with Crippen molar-refractivity contribution >= 4 is 5.97 Å². The largest absolute Gasteiger partial charge is 0.480 e. The molecular formula is C11H15NO3. The van der Waals surface area contributed by atoms with Gasteiger partial charge in [0, 0.05) is 11.6 Å². The molecule has 1 aliphatic rings. The van der Waals surface area contributed by atoms with Gasteiger partial charge in [-0.3, -0.25) is 10.1 Å². The predicted octanol–water partition coefficient (Wildman–Crippen LogP) is 1.79. The summed E-state index contributed by atoms with van der Waals surface area (Å²) in [5.74, 6) is -0.454. The van der Waals surface area contributed by atoms with Crippen LogP contribution in [0.25, 0.3) is 0 Å². The summed E-state index contributed by atoms with van der Waals surface area (Å²) in [5, 5.41) is 12.2. The Morgan fingerprint density at radius 2 is 2.40 bits per heavy atom. The Bertz CT molecular complexity index is 330. The van der Waals surface area contributed by atoms with Crippen molar-refractivity contribution in [3.05, 3.63) is 24.2 Å². The molecule has 2 atom stereocenters. The maximum Gasteiger partial charge on any atom is 0.320 e. The smallest absolute Gasteiger partial charge is 0.320 e. The molecular weight excluding hydrogens is 194 g/mol. The molecule has 1 saturated carbocycles. The van der Waals surface area contributed by atoms with Crippen LogP contribution in [0.4, 0.5) is 0 Å². The Hall–Kier alpha value is -1.29. The molecule has 0 radical (unpaired) electrons. The number of rotatable bonds is 5. The van der Waals surface area contributed by atoms with E-state index >= 15 is 0 Å². The summed E-state index contributed by atoms with van der Waals surface area (Å²) in [6.07, 6.45) is 5.27. The average Bonchev–Trinajstić information content (AvgIpc) is 2.87. The normalized spacial score (nSPS) is 19.8. The van der Waals surface area contributed by atoms with Crippen LogP contribution < -0.4 is 5.32 Å². The van der Waals surface area contributed by atoms with Crippen molar-refractivity contribution in [3.63, 3.8) is 0 Å². The van der Waals surface area contributed by atoms with Gasteiger partial charge in [-0.05, 0) is 31.7 Å². The Kier molecular flexibility index (Phi) is 2.77. The number of furan rings is 1. The lowest BCUT2D eigenvalue weighted by Gasteiger charge is -2.18. The molecule has 0 amide bonds. The molecule has 2 rings (SSSR count). The van der Waals surface area contributed by atoms with Crippen molar-refractivity contribution < 1.29 is 14.3 Å². The number of carboxylic acid groups (broad SMARTS) is 1. The van der Waals surface area contributed by atoms with Crippen LogP contribution in [0.1, 0.15) is 31.4 Å². The van der Waals surface area contributed by atoms with Gasteiger partial charge >= 0.3 is 5.97 Å². The second-order valence-electron chi connectivity index (χ2n) is 4.10. The highest BCUT2D eigenvalue weighted by Crippen LogP contribution is 2.33. The van der Waals surface area contributed by atoms with E-state index in [0.29, 0.717) is 5.92 Å². The van der Waals surface area contributed by atoms with Crippen molar-refractivity contribution in [2.45, 2.75) is 31.8 Å². The molecule has 0 aliphatic heterocycles. The summed E-state index contributed by atoms with van der Waals surface area (Å²) in [6.45, 7) is 1.95. The molecule has 0 saturated heterocycles. The van der Waals surface area contributed by atoms with Crippen molar-refractivity contribution in [1.29, 1.82) is 0 Å². The van der Waals surface area contributed by atoms with E-state index in [0.717, 1.165) is 18.4 Å². The van der Waals surface area contributed by atoms with Crippen LogP contribution in [0, 0.1) is 5.92 Å². The van der Waals surface area contributed by atoms with Crippen LogP contribution in [0.5, 0.6) is 0 Å². The molecule has 1 heterocycles. The van der Waals surface area contributed by atoms with Gasteiger partial charge in [0.05, 0.1) is 12.5 Å². The monoisotopic (exact) mass is 209 g/mol. The van der Waals surface area contributed by atoms with Crippen LogP contribution in [-0.2, 0) is 4.79 Å². The third-order valence-corrected chi connectivity index (χ3v) is 2.83. The fraction of sp³-hybridized carbons (Fsp3) is 0.545. The van der Waals surface area contributed by atoms with Crippen molar-refractivity contribution in [2.75, 3.05) is 0 Å². The zero-order valence-electron chi connectivity index (χ0n) is 8.64. The lowest BCUT2D eigenvalue weighted by atomic mass is 10.1. The van der Waals surface area contributed by atoms with E-state index in [9.17, 15) is 4.79 Å². The third-order valence-electron chi connectivity index (χ3n) is 2.83. The second-order valence-corrected chi connectivity index (χ2v) is 4.10. The molecule has 1 aliphatic carbocycles. The van der Waals surface area contributed by atoms with Gasteiger partial charge in [-0.2, -0.15) is 0 Å². The van der Waals surface area contributed by atoms with E-state index < -0.39 is 12.0 Å². The lowest BCUT2D eigenvalue weighted by molar-refractivity contribution is -0.140. The van der Waals surface area contributed by atoms with Gasteiger partial charge in [0.1, 0.15) is 6.04 Å². The van der Waals surface area contributed by atoms with E-state index in [-0.39, 0.29) is 6.04 Å². The Morgan fingerprint density at radius 1 is 1.67 bits per heavy atom. The second kappa shape index (κ2) is 4.06. The van der Waals surface area contributed by atoms with Gasteiger partial charge < -0.3 is 9.52 Å². The standard InChI is InChI=1S/C11H15NO3/c1-7(9-4-5-15-6-9)12-10(11(13)14)8-2-3-8/h4-8,10,12H,2-3H2,1H3,(H,13,14). The summed E-state index contributed by atoms with van der Waals surface area (Å²) in [7, 11) is 0. The molecule has 4 heteroatoms. The van der Waals surface area contributed by atoms with E-state index in [1.54, 1.807) is 12.5 Å². The molecule has 2 unspecified atom stereocenters. The van der Waals surface area contributed by atoms with Gasteiger partial charge in [-0.25, -0.2) is 0 Å². The number of hydrogen-bond acceptors (Lipinski definition) is 3. The third kappa shape index (κ3) is 2.39. The van der Waals surface area contributed by atoms with Gasteiger partial charge in [-0.1, -0.05) is 0 Å². The molecule has 0 aromatic carbocycles. The SMILES string of the molecule is CC(NC(C(=O)O)C1CC1)c1ccoc1. The molecule has 1 aromatic rings. The first-order chi connectivity index (χ1) is 7.18. The Morgan fingerprint density at radius 3 is 2.87 bits per heavy atom. The summed E-state index contributed by atoms with van der Waals surface area (Å²) in [6, 6.07) is 1.45. The van der Waals surface area contributed by atoms with Crippen LogP contribution in [-0.4, -0.2) is 17.1 Å². The fourth-order valence-electron chi connectivity index (χ4n) is 1.73. The van der Waals surface area contributed by atoms with Gasteiger partial charge in [-0.15, -0.1) is 0 Å². The molecule has 4 nitrogen and oxygen atoms in total. The number of nitrogens with one attached hydrogen (secondary N) is 1. The topological polar surface area (TPSA) is 62.5 Å². The number of hydrogen-bond donors (Lipinski definition) is 2. The van der Waals surface area contributed by atoms with Gasteiger partial charge in [0.2, 0.25) is 0 Å². The van der Waals surface area contributed by atoms with Crippen LogP contribution in [0.2, 0.25) is 0 Å². The van der Waals surface area contributed by atoms with Crippen LogP contribution in [0.3, 0.4) is 0 Å². The molecule has 1 aromatic heterocycles. The van der Waals surface area contributed by atoms with Crippen LogP contribution in [0.15, 0.2) is 23.0 Å². The molecule has 2 N–H and O–H groups in total. The summed E-state index contributed by atoms with van der Waals surface area (Å²) in [5.41, 5.74) is 0.988. The average molecular weight is 209 g/mol. The highest BCUT2D eigenvalue weighted by molar-refractivity contribution is 5.74. The number of carboxylic acids is 1. The first-order valence-electron chi connectivity index (χ1n) is 5.19. The molecule has 82 valence electrons. The molecule has 0 spiro atoms. The lowest BCUT2D eigenvalue weighted by Crippen LogP contribution is -2.39. The van der Waals surface area contributed by atoms with Crippen molar-refractivity contribution in [1.82, 2.24) is 5.32 Å². The first-order valence-corrected chi connectivity index (χ1v) is 5.19. The minimum absolute atomic E-state index is 0.0189. The molecule has 15 heavy (non-hydrogen) atoms. The minimum Gasteiger partial charge on any atom is -0.480 e. The number of aliphatic carboxylic acids is 1. The van der Waals surface area contributed by atoms with E-state index in [1.165, 1.54) is 0 Å². The summed E-state index contributed by atoms with van der Waals surface area (Å²) >= 11 is 0. The predicted molar refractivity (Wildman–Crippen MR) is 54.4 cm³/mol. The molecule has 1 fully saturated rings. The van der Waals surface area contributed by atoms with Gasteiger partial charge in [0.15, 0.2) is 0 Å². The van der Waals surface area contributed by atoms with Gasteiger partial charge in [0.25, 0.3) is 0 Å². The highest BCUT2D eigenvalue weighted by Gasteiger charge is 2.36. The Labute approximate surface area is 88.3 Å². The maximum atomic E-state index is 11.0. The minimum atomic E-state index is -0.757. The van der Waals surface area contributed by atoms with Crippen molar-refractivity contribution in [3.8, 4) is 0 Å². The summed E-state index contributed by atoms with van der Waals surface area (Å²) < 4.78 is 4.97. The Balaban J connectivity index is 1.97. The van der Waals surface area contributed by atoms with Crippen LogP contribution >= 0.6 is 0 Å². The van der Waals surface area contributed by atoms with E-state index in [2.05, 4.69) is 5.32 Å². The summed E-state index contributed by atoms with van der Waals surface area (Å²) in [4.78, 5) is 11.0. The quantitative estimate of drug-likeness (QED) is 0.776. The highest BCUT2D eigenvalue weighted by atomic mass is 16.4. The fourth-order valence-corrected chi connectivity index (χ4v) is 1.73. The maximum absolute atomic E-state index is 11.0. The van der Waals surface area contributed by atoms with Crippen molar-refractivity contribution in [2.24, 2.45) is 5.92 Å². The van der Waals surface area contributed by atoms with E-state index in [1.807, 2.05) is 13.0 Å². The zero-order chi connectivity index (χ0) is 10.8. The molecule has 0 bridgehead atoms. The van der Waals surface area contributed by atoms with E-state index in [4.69, 9.17) is 9.52 Å². The zero-order valence-corrected chi connectivity index (χ0v) is 8.64.